The molecule has 0 saturated carbocycles. The summed E-state index contributed by atoms with van der Waals surface area (Å²) in [6, 6.07) is 0. The van der Waals surface area contributed by atoms with Crippen LogP contribution < -0.4 is 5.73 Å². The highest BCUT2D eigenvalue weighted by Gasteiger charge is 2.32. The van der Waals surface area contributed by atoms with Gasteiger partial charge in [-0.3, -0.25) is 0 Å². The lowest BCUT2D eigenvalue weighted by Gasteiger charge is -2.33. The molecular formula is C13H22N2O4. The predicted molar refractivity (Wildman–Crippen MR) is 70.2 cm³/mol. The van der Waals surface area contributed by atoms with Gasteiger partial charge >= 0.3 is 12.1 Å². The van der Waals surface area contributed by atoms with Gasteiger partial charge in [0.25, 0.3) is 0 Å². The van der Waals surface area contributed by atoms with E-state index in [0.29, 0.717) is 17.8 Å². The first-order valence-electron chi connectivity index (χ1n) is 6.20. The Kier molecular flexibility index (Phi) is 4.44. The molecule has 0 saturated heterocycles. The number of methoxy groups -OCH3 is 1. The first kappa shape index (κ1) is 15.3. The zero-order valence-corrected chi connectivity index (χ0v) is 12.1. The lowest BCUT2D eigenvalue weighted by Crippen LogP contribution is -2.46. The number of carbonyl (C=O) groups excluding carboxylic acids is 2. The monoisotopic (exact) mass is 270 g/mol. The quantitative estimate of drug-likeness (QED) is 0.725. The standard InChI is InChI=1S/C13H22N2O4/c1-8-6-15(12(17)19-13(2,3)4)7-9(10(8)14)11(16)18-5/h8H,6-7,14H2,1-5H3. The van der Waals surface area contributed by atoms with Crippen molar-refractivity contribution < 1.29 is 19.1 Å². The smallest absolute Gasteiger partial charge is 0.410 e. The largest absolute Gasteiger partial charge is 0.466 e. The van der Waals surface area contributed by atoms with Gasteiger partial charge in [0.1, 0.15) is 5.60 Å². The first-order chi connectivity index (χ1) is 8.65. The average molecular weight is 270 g/mol. The molecule has 0 aromatic heterocycles. The fourth-order valence-electron chi connectivity index (χ4n) is 1.84. The summed E-state index contributed by atoms with van der Waals surface area (Å²) in [5.41, 5.74) is 6.12. The molecule has 6 nitrogen and oxygen atoms in total. The molecule has 1 amide bonds. The van der Waals surface area contributed by atoms with Gasteiger partial charge in [-0.15, -0.1) is 0 Å². The number of hydrogen-bond acceptors (Lipinski definition) is 5. The molecule has 0 spiro atoms. The van der Waals surface area contributed by atoms with Crippen molar-refractivity contribution in [2.24, 2.45) is 11.7 Å². The number of amides is 1. The Morgan fingerprint density at radius 1 is 1.37 bits per heavy atom. The van der Waals surface area contributed by atoms with Gasteiger partial charge < -0.3 is 20.1 Å². The molecule has 0 bridgehead atoms. The molecule has 19 heavy (non-hydrogen) atoms. The van der Waals surface area contributed by atoms with Crippen molar-refractivity contribution in [1.29, 1.82) is 0 Å². The van der Waals surface area contributed by atoms with Crippen LogP contribution in [0.5, 0.6) is 0 Å². The fraction of sp³-hybridized carbons (Fsp3) is 0.692. The zero-order chi connectivity index (χ0) is 14.8. The Morgan fingerprint density at radius 2 is 1.95 bits per heavy atom. The summed E-state index contributed by atoms with van der Waals surface area (Å²) in [6.45, 7) is 7.80. The maximum atomic E-state index is 12.0. The van der Waals surface area contributed by atoms with E-state index in [2.05, 4.69) is 4.74 Å². The summed E-state index contributed by atoms with van der Waals surface area (Å²) < 4.78 is 9.98. The second-order valence-electron chi connectivity index (χ2n) is 5.69. The van der Waals surface area contributed by atoms with Gasteiger partial charge in [0.2, 0.25) is 0 Å². The molecule has 1 heterocycles. The summed E-state index contributed by atoms with van der Waals surface area (Å²) in [6.07, 6.45) is -0.451. The highest BCUT2D eigenvalue weighted by Crippen LogP contribution is 2.22. The number of carbonyl (C=O) groups is 2. The summed E-state index contributed by atoms with van der Waals surface area (Å²) in [7, 11) is 1.29. The Labute approximate surface area is 113 Å². The molecule has 0 fully saturated rings. The van der Waals surface area contributed by atoms with E-state index in [0.717, 1.165) is 0 Å². The van der Waals surface area contributed by atoms with Crippen LogP contribution in [0.1, 0.15) is 27.7 Å². The number of rotatable bonds is 1. The SMILES string of the molecule is COC(=O)C1=C(N)C(C)CN(C(=O)OC(C)(C)C)C1. The normalized spacial score (nSPS) is 20.3. The molecule has 1 unspecified atom stereocenters. The van der Waals surface area contributed by atoms with E-state index in [-0.39, 0.29) is 12.5 Å². The maximum absolute atomic E-state index is 12.0. The Bertz CT molecular complexity index is 409. The molecule has 1 aliphatic rings. The van der Waals surface area contributed by atoms with Crippen LogP contribution in [0.4, 0.5) is 4.79 Å². The van der Waals surface area contributed by atoms with Crippen molar-refractivity contribution in [3.05, 3.63) is 11.3 Å². The molecule has 108 valence electrons. The van der Waals surface area contributed by atoms with Gasteiger partial charge in [-0.25, -0.2) is 9.59 Å². The van der Waals surface area contributed by atoms with Crippen LogP contribution in [0.15, 0.2) is 11.3 Å². The highest BCUT2D eigenvalue weighted by molar-refractivity contribution is 5.90. The summed E-state index contributed by atoms with van der Waals surface area (Å²) in [5.74, 6) is -0.604. The van der Waals surface area contributed by atoms with Gasteiger partial charge in [0, 0.05) is 18.2 Å². The summed E-state index contributed by atoms with van der Waals surface area (Å²) in [4.78, 5) is 25.1. The number of hydrogen-bond donors (Lipinski definition) is 1. The molecule has 6 heteroatoms. The van der Waals surface area contributed by atoms with Crippen molar-refractivity contribution in [3.8, 4) is 0 Å². The lowest BCUT2D eigenvalue weighted by atomic mass is 9.97. The molecular weight excluding hydrogens is 248 g/mol. The molecule has 0 aromatic carbocycles. The van der Waals surface area contributed by atoms with Crippen molar-refractivity contribution in [2.75, 3.05) is 20.2 Å². The van der Waals surface area contributed by atoms with Gasteiger partial charge in [-0.1, -0.05) is 6.92 Å². The number of nitrogens with zero attached hydrogens (tertiary/aromatic N) is 1. The minimum Gasteiger partial charge on any atom is -0.466 e. The number of nitrogens with two attached hydrogens (primary N) is 1. The molecule has 1 atom stereocenters. The van der Waals surface area contributed by atoms with E-state index in [1.807, 2.05) is 6.92 Å². The van der Waals surface area contributed by atoms with Crippen LogP contribution in [0.3, 0.4) is 0 Å². The Hall–Kier alpha value is -1.72. The van der Waals surface area contributed by atoms with Crippen LogP contribution in [0.25, 0.3) is 0 Å². The topological polar surface area (TPSA) is 81.9 Å². The third-order valence-corrected chi connectivity index (χ3v) is 2.81. The first-order valence-corrected chi connectivity index (χ1v) is 6.20. The predicted octanol–water partition coefficient (Wildman–Crippen LogP) is 1.26. The summed E-state index contributed by atoms with van der Waals surface area (Å²) in [5, 5.41) is 0. The maximum Gasteiger partial charge on any atom is 0.410 e. The van der Waals surface area contributed by atoms with Crippen molar-refractivity contribution in [2.45, 2.75) is 33.3 Å². The highest BCUT2D eigenvalue weighted by atomic mass is 16.6. The van der Waals surface area contributed by atoms with E-state index in [1.165, 1.54) is 12.0 Å². The number of esters is 1. The third kappa shape index (κ3) is 3.87. The molecule has 2 N–H and O–H groups in total. The zero-order valence-electron chi connectivity index (χ0n) is 12.1. The average Bonchev–Trinajstić information content (AvgIpc) is 2.29. The van der Waals surface area contributed by atoms with Crippen molar-refractivity contribution in [3.63, 3.8) is 0 Å². The van der Waals surface area contributed by atoms with Gasteiger partial charge in [0.05, 0.1) is 19.2 Å². The Balaban J connectivity index is 2.87. The minimum atomic E-state index is -0.571. The van der Waals surface area contributed by atoms with Crippen molar-refractivity contribution >= 4 is 12.1 Å². The lowest BCUT2D eigenvalue weighted by molar-refractivity contribution is -0.136. The summed E-state index contributed by atoms with van der Waals surface area (Å²) >= 11 is 0. The molecule has 1 aliphatic heterocycles. The van der Waals surface area contributed by atoms with Crippen LogP contribution in [-0.4, -0.2) is 42.8 Å². The molecule has 1 rings (SSSR count). The van der Waals surface area contributed by atoms with E-state index in [4.69, 9.17) is 10.5 Å². The molecule has 0 aliphatic carbocycles. The van der Waals surface area contributed by atoms with Crippen LogP contribution in [0, 0.1) is 5.92 Å². The van der Waals surface area contributed by atoms with Gasteiger partial charge in [0.15, 0.2) is 0 Å². The van der Waals surface area contributed by atoms with E-state index in [9.17, 15) is 9.59 Å². The van der Waals surface area contributed by atoms with Crippen LogP contribution >= 0.6 is 0 Å². The second kappa shape index (κ2) is 5.50. The van der Waals surface area contributed by atoms with E-state index < -0.39 is 17.7 Å². The fourth-order valence-corrected chi connectivity index (χ4v) is 1.84. The third-order valence-electron chi connectivity index (χ3n) is 2.81. The second-order valence-corrected chi connectivity index (χ2v) is 5.69. The Morgan fingerprint density at radius 3 is 2.42 bits per heavy atom. The van der Waals surface area contributed by atoms with Gasteiger partial charge in [-0.2, -0.15) is 0 Å². The van der Waals surface area contributed by atoms with E-state index >= 15 is 0 Å². The van der Waals surface area contributed by atoms with Crippen molar-refractivity contribution in [1.82, 2.24) is 4.90 Å². The van der Waals surface area contributed by atoms with Crippen LogP contribution in [0.2, 0.25) is 0 Å². The van der Waals surface area contributed by atoms with Gasteiger partial charge in [-0.05, 0) is 20.8 Å². The minimum absolute atomic E-state index is 0.102. The molecule has 0 radical (unpaired) electrons. The van der Waals surface area contributed by atoms with Crippen LogP contribution in [-0.2, 0) is 14.3 Å². The number of ether oxygens (including phenoxy) is 2. The molecule has 0 aromatic rings. The van der Waals surface area contributed by atoms with E-state index in [1.54, 1.807) is 20.8 Å².